The van der Waals surface area contributed by atoms with Gasteiger partial charge in [0.15, 0.2) is 5.78 Å². The smallest absolute Gasteiger partial charge is 0.176 e. The van der Waals surface area contributed by atoms with Gasteiger partial charge in [-0.05, 0) is 18.4 Å². The van der Waals surface area contributed by atoms with Crippen molar-refractivity contribution in [2.24, 2.45) is 5.73 Å². The molecule has 0 atom stereocenters. The Morgan fingerprint density at radius 3 is 2.29 bits per heavy atom. The van der Waals surface area contributed by atoms with Crippen molar-refractivity contribution in [1.82, 2.24) is 0 Å². The summed E-state index contributed by atoms with van der Waals surface area (Å²) < 4.78 is 26.3. The summed E-state index contributed by atoms with van der Waals surface area (Å²) in [6.07, 6.45) is 1.56. The van der Waals surface area contributed by atoms with Crippen LogP contribution in [0.1, 0.15) is 10.4 Å². The lowest BCUT2D eigenvalue weighted by Crippen LogP contribution is -2.14. The van der Waals surface area contributed by atoms with E-state index < -0.39 is 17.4 Å². The van der Waals surface area contributed by atoms with Gasteiger partial charge < -0.3 is 5.73 Å². The van der Waals surface area contributed by atoms with Gasteiger partial charge in [-0.3, -0.25) is 4.79 Å². The molecule has 1 rings (SSSR count). The van der Waals surface area contributed by atoms with Gasteiger partial charge in [-0.15, -0.1) is 11.8 Å². The molecule has 1 aromatic carbocycles. The second-order valence-corrected chi connectivity index (χ2v) is 3.42. The standard InChI is InChI=1S/C9H9F2NOS/c1-14-9-6(10)2-5(3-7(9)11)8(13)4-12/h2-3H,4,12H2,1H3. The summed E-state index contributed by atoms with van der Waals surface area (Å²) in [5.74, 6) is -1.93. The van der Waals surface area contributed by atoms with Crippen LogP contribution in [0.25, 0.3) is 0 Å². The molecule has 5 heteroatoms. The third kappa shape index (κ3) is 2.10. The minimum Gasteiger partial charge on any atom is -0.324 e. The van der Waals surface area contributed by atoms with E-state index in [1.165, 1.54) is 0 Å². The quantitative estimate of drug-likeness (QED) is 0.620. The van der Waals surface area contributed by atoms with Crippen molar-refractivity contribution in [2.75, 3.05) is 12.8 Å². The molecule has 0 aliphatic rings. The molecule has 14 heavy (non-hydrogen) atoms. The van der Waals surface area contributed by atoms with Gasteiger partial charge in [0, 0.05) is 5.56 Å². The number of halogens is 2. The lowest BCUT2D eigenvalue weighted by atomic mass is 10.1. The molecule has 1 aromatic rings. The number of thioether (sulfide) groups is 1. The minimum atomic E-state index is -0.727. The lowest BCUT2D eigenvalue weighted by Gasteiger charge is -2.04. The largest absolute Gasteiger partial charge is 0.324 e. The Kier molecular flexibility index (Phi) is 3.60. The fourth-order valence-corrected chi connectivity index (χ4v) is 1.54. The number of hydrogen-bond acceptors (Lipinski definition) is 3. The molecule has 0 fully saturated rings. The van der Waals surface area contributed by atoms with E-state index in [2.05, 4.69) is 0 Å². The predicted octanol–water partition coefficient (Wildman–Crippen LogP) is 1.83. The van der Waals surface area contributed by atoms with E-state index in [4.69, 9.17) is 5.73 Å². The summed E-state index contributed by atoms with van der Waals surface area (Å²) in [7, 11) is 0. The van der Waals surface area contributed by atoms with E-state index in [9.17, 15) is 13.6 Å². The highest BCUT2D eigenvalue weighted by Crippen LogP contribution is 2.24. The van der Waals surface area contributed by atoms with Crippen molar-refractivity contribution < 1.29 is 13.6 Å². The molecule has 0 aliphatic heterocycles. The zero-order chi connectivity index (χ0) is 10.7. The molecular formula is C9H9F2NOS. The zero-order valence-electron chi connectivity index (χ0n) is 7.51. The van der Waals surface area contributed by atoms with Gasteiger partial charge in [0.2, 0.25) is 0 Å². The number of carbonyl (C=O) groups is 1. The molecule has 0 saturated carbocycles. The van der Waals surface area contributed by atoms with Crippen LogP contribution in [-0.2, 0) is 0 Å². The van der Waals surface area contributed by atoms with Gasteiger partial charge in [-0.1, -0.05) is 0 Å². The molecule has 0 amide bonds. The van der Waals surface area contributed by atoms with Gasteiger partial charge in [0.1, 0.15) is 11.6 Å². The van der Waals surface area contributed by atoms with Gasteiger partial charge in [-0.25, -0.2) is 8.78 Å². The lowest BCUT2D eigenvalue weighted by molar-refractivity contribution is 0.100. The third-order valence-corrected chi connectivity index (χ3v) is 2.51. The molecule has 76 valence electrons. The van der Waals surface area contributed by atoms with Crippen LogP contribution in [0.3, 0.4) is 0 Å². The van der Waals surface area contributed by atoms with Crippen LogP contribution >= 0.6 is 11.8 Å². The van der Waals surface area contributed by atoms with Crippen LogP contribution in [-0.4, -0.2) is 18.6 Å². The molecule has 2 nitrogen and oxygen atoms in total. The summed E-state index contributed by atoms with van der Waals surface area (Å²) in [6, 6.07) is 2.01. The number of benzene rings is 1. The predicted molar refractivity (Wildman–Crippen MR) is 51.5 cm³/mol. The Labute approximate surface area is 84.5 Å². The first-order valence-electron chi connectivity index (χ1n) is 3.86. The van der Waals surface area contributed by atoms with Gasteiger partial charge in [0.25, 0.3) is 0 Å². The average molecular weight is 217 g/mol. The molecule has 0 radical (unpaired) electrons. The number of rotatable bonds is 3. The SMILES string of the molecule is CSc1c(F)cc(C(=O)CN)cc1F. The van der Waals surface area contributed by atoms with E-state index in [0.717, 1.165) is 23.9 Å². The van der Waals surface area contributed by atoms with E-state index in [0.29, 0.717) is 0 Å². The number of ketones is 1. The van der Waals surface area contributed by atoms with Crippen LogP contribution in [0.15, 0.2) is 17.0 Å². The Morgan fingerprint density at radius 1 is 1.43 bits per heavy atom. The Hall–Kier alpha value is -0.940. The fourth-order valence-electron chi connectivity index (χ4n) is 1.03. The van der Waals surface area contributed by atoms with Crippen molar-refractivity contribution in [1.29, 1.82) is 0 Å². The highest BCUT2D eigenvalue weighted by Gasteiger charge is 2.13. The van der Waals surface area contributed by atoms with Crippen LogP contribution < -0.4 is 5.73 Å². The van der Waals surface area contributed by atoms with Crippen LogP contribution in [0.4, 0.5) is 8.78 Å². The normalized spacial score (nSPS) is 10.3. The maximum Gasteiger partial charge on any atom is 0.176 e. The number of hydrogen-bond donors (Lipinski definition) is 1. The highest BCUT2D eigenvalue weighted by molar-refractivity contribution is 7.98. The van der Waals surface area contributed by atoms with Crippen molar-refractivity contribution in [3.8, 4) is 0 Å². The van der Waals surface area contributed by atoms with Crippen LogP contribution in [0.2, 0.25) is 0 Å². The van der Waals surface area contributed by atoms with E-state index in [1.54, 1.807) is 6.26 Å². The van der Waals surface area contributed by atoms with E-state index in [1.807, 2.05) is 0 Å². The molecule has 0 saturated heterocycles. The summed E-state index contributed by atoms with van der Waals surface area (Å²) in [6.45, 7) is -0.252. The van der Waals surface area contributed by atoms with Crippen molar-refractivity contribution in [3.63, 3.8) is 0 Å². The van der Waals surface area contributed by atoms with E-state index in [-0.39, 0.29) is 17.0 Å². The molecule has 0 unspecified atom stereocenters. The fraction of sp³-hybridized carbons (Fsp3) is 0.222. The van der Waals surface area contributed by atoms with E-state index >= 15 is 0 Å². The summed E-state index contributed by atoms with van der Waals surface area (Å²) >= 11 is 0.958. The molecule has 0 heterocycles. The molecule has 0 spiro atoms. The second-order valence-electron chi connectivity index (χ2n) is 2.60. The molecule has 0 aliphatic carbocycles. The van der Waals surface area contributed by atoms with Crippen LogP contribution in [0.5, 0.6) is 0 Å². The second kappa shape index (κ2) is 4.52. The van der Waals surface area contributed by atoms with Crippen molar-refractivity contribution >= 4 is 17.5 Å². The Morgan fingerprint density at radius 2 is 1.93 bits per heavy atom. The Balaban J connectivity index is 3.20. The van der Waals surface area contributed by atoms with Crippen LogP contribution in [0, 0.1) is 11.6 Å². The number of Topliss-reactive ketones (excluding diaryl/α,β-unsaturated/α-hetero) is 1. The van der Waals surface area contributed by atoms with Gasteiger partial charge >= 0.3 is 0 Å². The maximum atomic E-state index is 13.2. The molecule has 0 bridgehead atoms. The number of carbonyl (C=O) groups excluding carboxylic acids is 1. The molecule has 2 N–H and O–H groups in total. The first-order valence-corrected chi connectivity index (χ1v) is 5.09. The summed E-state index contributed by atoms with van der Waals surface area (Å²) in [5, 5.41) is 0. The van der Waals surface area contributed by atoms with Gasteiger partial charge in [-0.2, -0.15) is 0 Å². The Bertz CT molecular complexity index is 345. The molecular weight excluding hydrogens is 208 g/mol. The van der Waals surface area contributed by atoms with Crippen molar-refractivity contribution in [3.05, 3.63) is 29.3 Å². The first-order chi connectivity index (χ1) is 6.60. The van der Waals surface area contributed by atoms with Crippen molar-refractivity contribution in [2.45, 2.75) is 4.90 Å². The highest BCUT2D eigenvalue weighted by atomic mass is 32.2. The topological polar surface area (TPSA) is 43.1 Å². The minimum absolute atomic E-state index is 0.0275. The monoisotopic (exact) mass is 217 g/mol. The first kappa shape index (κ1) is 11.1. The number of nitrogens with two attached hydrogens (primary N) is 1. The summed E-state index contributed by atoms with van der Waals surface area (Å²) in [4.78, 5) is 11.0. The summed E-state index contributed by atoms with van der Waals surface area (Å²) in [5.41, 5.74) is 5.05. The third-order valence-electron chi connectivity index (χ3n) is 1.71. The maximum absolute atomic E-state index is 13.2. The zero-order valence-corrected chi connectivity index (χ0v) is 8.33. The average Bonchev–Trinajstić information content (AvgIpc) is 2.16. The van der Waals surface area contributed by atoms with Gasteiger partial charge in [0.05, 0.1) is 11.4 Å². The molecule has 0 aromatic heterocycles.